The minimum atomic E-state index is -0.983. The average molecular weight is 303 g/mol. The van der Waals surface area contributed by atoms with E-state index in [2.05, 4.69) is 0 Å². The van der Waals surface area contributed by atoms with Crippen molar-refractivity contribution in [2.45, 2.75) is 50.3 Å². The Morgan fingerprint density at radius 1 is 1.18 bits per heavy atom. The van der Waals surface area contributed by atoms with Crippen molar-refractivity contribution in [1.82, 2.24) is 4.90 Å². The molecule has 5 heteroatoms. The molecular formula is C17H21NO4. The molecule has 0 unspecified atom stereocenters. The van der Waals surface area contributed by atoms with Crippen molar-refractivity contribution in [1.29, 1.82) is 0 Å². The van der Waals surface area contributed by atoms with Crippen LogP contribution in [0.15, 0.2) is 30.3 Å². The zero-order valence-corrected chi connectivity index (χ0v) is 12.5. The highest BCUT2D eigenvalue weighted by Crippen LogP contribution is 2.40. The summed E-state index contributed by atoms with van der Waals surface area (Å²) in [7, 11) is 0. The van der Waals surface area contributed by atoms with Crippen molar-refractivity contribution in [3.8, 4) is 0 Å². The van der Waals surface area contributed by atoms with Gasteiger partial charge in [0.2, 0.25) is 5.91 Å². The van der Waals surface area contributed by atoms with Gasteiger partial charge in [-0.25, -0.2) is 4.79 Å². The van der Waals surface area contributed by atoms with Crippen LogP contribution in [0.1, 0.15) is 37.7 Å². The van der Waals surface area contributed by atoms with Crippen LogP contribution >= 0.6 is 0 Å². The van der Waals surface area contributed by atoms with E-state index in [0.29, 0.717) is 0 Å². The molecule has 3 rings (SSSR count). The first-order chi connectivity index (χ1) is 10.6. The summed E-state index contributed by atoms with van der Waals surface area (Å²) >= 11 is 0. The number of amides is 1. The third-order valence-electron chi connectivity index (χ3n) is 4.65. The number of ether oxygens (including phenoxy) is 1. The predicted octanol–water partition coefficient (Wildman–Crippen LogP) is 2.20. The van der Waals surface area contributed by atoms with Crippen LogP contribution in [-0.2, 0) is 20.7 Å². The number of nitrogens with zero attached hydrogens (tertiary/aromatic N) is 1. The molecule has 1 aromatic carbocycles. The van der Waals surface area contributed by atoms with Crippen molar-refractivity contribution >= 4 is 11.9 Å². The van der Waals surface area contributed by atoms with Crippen LogP contribution in [0, 0.1) is 0 Å². The third kappa shape index (κ3) is 2.73. The molecule has 1 aliphatic heterocycles. The molecule has 1 aliphatic carbocycles. The highest BCUT2D eigenvalue weighted by Gasteiger charge is 2.52. The second-order valence-electron chi connectivity index (χ2n) is 6.10. The summed E-state index contributed by atoms with van der Waals surface area (Å²) in [6, 6.07) is 8.57. The number of aliphatic carboxylic acids is 1. The second kappa shape index (κ2) is 6.08. The Balaban J connectivity index is 1.84. The molecule has 1 saturated heterocycles. The van der Waals surface area contributed by atoms with Gasteiger partial charge in [-0.05, 0) is 31.2 Å². The summed E-state index contributed by atoms with van der Waals surface area (Å²) in [4.78, 5) is 25.8. The molecule has 1 heterocycles. The molecular weight excluding hydrogens is 282 g/mol. The Bertz CT molecular complexity index is 551. The van der Waals surface area contributed by atoms with E-state index >= 15 is 0 Å². The van der Waals surface area contributed by atoms with Crippen LogP contribution in [-0.4, -0.2) is 40.3 Å². The quantitative estimate of drug-likeness (QED) is 0.929. The predicted molar refractivity (Wildman–Crippen MR) is 80.2 cm³/mol. The van der Waals surface area contributed by atoms with Gasteiger partial charge >= 0.3 is 5.97 Å². The number of rotatable bonds is 3. The van der Waals surface area contributed by atoms with Gasteiger partial charge in [-0.2, -0.15) is 0 Å². The van der Waals surface area contributed by atoms with Crippen molar-refractivity contribution in [3.63, 3.8) is 0 Å². The van der Waals surface area contributed by atoms with Gasteiger partial charge in [-0.1, -0.05) is 36.8 Å². The minimum absolute atomic E-state index is 0.0931. The molecule has 1 atom stereocenters. The molecule has 0 bridgehead atoms. The standard InChI is InChI=1S/C17H21NO4/c19-15(11-13-7-3-1-4-8-13)18-14(16(20)21)12-22-17(18)9-5-2-6-10-17/h1,3-4,7-8,14H,2,5-6,9-12H2,(H,20,21)/t14-/m0/s1. The summed E-state index contributed by atoms with van der Waals surface area (Å²) < 4.78 is 5.85. The number of carboxylic acids is 1. The summed E-state index contributed by atoms with van der Waals surface area (Å²) in [6.07, 6.45) is 4.75. The Kier molecular flexibility index (Phi) is 4.16. The molecule has 1 spiro atoms. The van der Waals surface area contributed by atoms with Crippen LogP contribution < -0.4 is 0 Å². The molecule has 1 amide bonds. The van der Waals surface area contributed by atoms with Gasteiger partial charge < -0.3 is 9.84 Å². The fourth-order valence-corrected chi connectivity index (χ4v) is 3.59. The lowest BCUT2D eigenvalue weighted by atomic mass is 9.89. The van der Waals surface area contributed by atoms with Crippen molar-refractivity contribution in [2.75, 3.05) is 6.61 Å². The Labute approximate surface area is 129 Å². The number of carboxylic acid groups (broad SMARTS) is 1. The smallest absolute Gasteiger partial charge is 0.328 e. The molecule has 22 heavy (non-hydrogen) atoms. The van der Waals surface area contributed by atoms with Crippen LogP contribution in [0.5, 0.6) is 0 Å². The van der Waals surface area contributed by atoms with Crippen LogP contribution in [0.4, 0.5) is 0 Å². The monoisotopic (exact) mass is 303 g/mol. The Morgan fingerprint density at radius 3 is 2.50 bits per heavy atom. The minimum Gasteiger partial charge on any atom is -0.480 e. The van der Waals surface area contributed by atoms with Crippen molar-refractivity contribution in [3.05, 3.63) is 35.9 Å². The van der Waals surface area contributed by atoms with Gasteiger partial charge in [0.1, 0.15) is 5.72 Å². The lowest BCUT2D eigenvalue weighted by Crippen LogP contribution is -2.55. The molecule has 2 fully saturated rings. The third-order valence-corrected chi connectivity index (χ3v) is 4.65. The largest absolute Gasteiger partial charge is 0.480 e. The topological polar surface area (TPSA) is 66.8 Å². The maximum atomic E-state index is 12.8. The summed E-state index contributed by atoms with van der Waals surface area (Å²) in [5.74, 6) is -1.14. The van der Waals surface area contributed by atoms with Crippen molar-refractivity contribution in [2.24, 2.45) is 0 Å². The van der Waals surface area contributed by atoms with E-state index < -0.39 is 17.7 Å². The van der Waals surface area contributed by atoms with Crippen LogP contribution in [0.25, 0.3) is 0 Å². The maximum Gasteiger partial charge on any atom is 0.328 e. The van der Waals surface area contributed by atoms with E-state index in [0.717, 1.165) is 37.7 Å². The van der Waals surface area contributed by atoms with E-state index in [1.54, 1.807) is 0 Å². The van der Waals surface area contributed by atoms with E-state index in [1.165, 1.54) is 4.90 Å². The summed E-state index contributed by atoms with van der Waals surface area (Å²) in [5.41, 5.74) is 0.196. The normalized spacial score (nSPS) is 23.6. The molecule has 0 aromatic heterocycles. The van der Waals surface area contributed by atoms with E-state index in [9.17, 15) is 14.7 Å². The fourth-order valence-electron chi connectivity index (χ4n) is 3.59. The zero-order valence-electron chi connectivity index (χ0n) is 12.5. The number of hydrogen-bond donors (Lipinski definition) is 1. The first kappa shape index (κ1) is 15.0. The Hall–Kier alpha value is -1.88. The Morgan fingerprint density at radius 2 is 1.86 bits per heavy atom. The summed E-state index contributed by atoms with van der Waals surface area (Å²) in [5, 5.41) is 9.44. The summed E-state index contributed by atoms with van der Waals surface area (Å²) in [6.45, 7) is 0.0931. The first-order valence-electron chi connectivity index (χ1n) is 7.85. The van der Waals surface area contributed by atoms with Gasteiger partial charge in [0.15, 0.2) is 6.04 Å². The van der Waals surface area contributed by atoms with Crippen LogP contribution in [0.2, 0.25) is 0 Å². The maximum absolute atomic E-state index is 12.8. The molecule has 0 radical (unpaired) electrons. The van der Waals surface area contributed by atoms with Gasteiger partial charge in [0.25, 0.3) is 0 Å². The van der Waals surface area contributed by atoms with Gasteiger partial charge in [-0.3, -0.25) is 9.69 Å². The molecule has 1 saturated carbocycles. The number of carbonyl (C=O) groups excluding carboxylic acids is 1. The highest BCUT2D eigenvalue weighted by atomic mass is 16.5. The lowest BCUT2D eigenvalue weighted by Gasteiger charge is -2.41. The average Bonchev–Trinajstić information content (AvgIpc) is 2.88. The fraction of sp³-hybridized carbons (Fsp3) is 0.529. The number of benzene rings is 1. The zero-order chi connectivity index (χ0) is 15.6. The molecule has 118 valence electrons. The highest BCUT2D eigenvalue weighted by molar-refractivity contribution is 5.86. The molecule has 5 nitrogen and oxygen atoms in total. The molecule has 1 aromatic rings. The van der Waals surface area contributed by atoms with E-state index in [1.807, 2.05) is 30.3 Å². The van der Waals surface area contributed by atoms with Gasteiger partial charge in [0.05, 0.1) is 13.0 Å². The molecule has 1 N–H and O–H groups in total. The first-order valence-corrected chi connectivity index (χ1v) is 7.85. The number of carbonyl (C=O) groups is 2. The number of hydrogen-bond acceptors (Lipinski definition) is 3. The lowest BCUT2D eigenvalue weighted by molar-refractivity contribution is -0.163. The second-order valence-corrected chi connectivity index (χ2v) is 6.10. The van der Waals surface area contributed by atoms with Crippen molar-refractivity contribution < 1.29 is 19.4 Å². The van der Waals surface area contributed by atoms with E-state index in [-0.39, 0.29) is 18.9 Å². The van der Waals surface area contributed by atoms with Gasteiger partial charge in [0, 0.05) is 0 Å². The SMILES string of the molecule is O=C(O)[C@@H]1COC2(CCCCC2)N1C(=O)Cc1ccccc1. The van der Waals surface area contributed by atoms with Gasteiger partial charge in [-0.15, -0.1) is 0 Å². The molecule has 2 aliphatic rings. The van der Waals surface area contributed by atoms with E-state index in [4.69, 9.17) is 4.74 Å². The van der Waals surface area contributed by atoms with Crippen LogP contribution in [0.3, 0.4) is 0 Å².